The number of halogens is 1. The molecule has 2 N–H and O–H groups in total. The molecule has 1 amide bonds. The molecule has 2 aromatic rings. The van der Waals surface area contributed by atoms with Crippen molar-refractivity contribution < 1.29 is 13.9 Å². The van der Waals surface area contributed by atoms with E-state index in [2.05, 4.69) is 10.6 Å². The third-order valence-corrected chi connectivity index (χ3v) is 2.81. The fourth-order valence-corrected chi connectivity index (χ4v) is 1.84. The molecule has 0 atom stereocenters. The van der Waals surface area contributed by atoms with Crippen molar-refractivity contribution in [2.75, 3.05) is 17.2 Å². The highest BCUT2D eigenvalue weighted by molar-refractivity contribution is 5.93. The lowest BCUT2D eigenvalue weighted by atomic mass is 10.3. The van der Waals surface area contributed by atoms with Gasteiger partial charge in [0.15, 0.2) is 0 Å². The zero-order valence-corrected chi connectivity index (χ0v) is 12.6. The molecule has 22 heavy (non-hydrogen) atoms. The van der Waals surface area contributed by atoms with Crippen LogP contribution < -0.4 is 15.4 Å². The molecule has 0 saturated carbocycles. The summed E-state index contributed by atoms with van der Waals surface area (Å²) in [7, 11) is 0. The third-order valence-electron chi connectivity index (χ3n) is 2.81. The molecule has 2 aromatic carbocycles. The lowest BCUT2D eigenvalue weighted by Gasteiger charge is -2.11. The molecule has 5 heteroatoms. The molecule has 0 aliphatic rings. The van der Waals surface area contributed by atoms with E-state index in [9.17, 15) is 9.18 Å². The van der Waals surface area contributed by atoms with Crippen molar-refractivity contribution in [3.05, 3.63) is 54.3 Å². The van der Waals surface area contributed by atoms with Crippen LogP contribution >= 0.6 is 0 Å². The van der Waals surface area contributed by atoms with Crippen LogP contribution in [-0.2, 0) is 4.79 Å². The van der Waals surface area contributed by atoms with Crippen LogP contribution in [0.3, 0.4) is 0 Å². The average molecular weight is 302 g/mol. The van der Waals surface area contributed by atoms with Crippen molar-refractivity contribution in [2.24, 2.45) is 0 Å². The summed E-state index contributed by atoms with van der Waals surface area (Å²) in [6.45, 7) is 4.02. The van der Waals surface area contributed by atoms with E-state index in [4.69, 9.17) is 4.74 Å². The SMILES string of the molecule is CC(C)Oc1ccc(NC(=O)CNc2ccc(F)cc2)cc1. The Balaban J connectivity index is 1.82. The monoisotopic (exact) mass is 302 g/mol. The summed E-state index contributed by atoms with van der Waals surface area (Å²) < 4.78 is 18.3. The molecule has 0 aliphatic heterocycles. The maximum Gasteiger partial charge on any atom is 0.243 e. The van der Waals surface area contributed by atoms with Gasteiger partial charge in [-0.15, -0.1) is 0 Å². The van der Waals surface area contributed by atoms with Crippen LogP contribution in [0.15, 0.2) is 48.5 Å². The second-order valence-electron chi connectivity index (χ2n) is 5.10. The smallest absolute Gasteiger partial charge is 0.243 e. The highest BCUT2D eigenvalue weighted by Gasteiger charge is 2.03. The number of benzene rings is 2. The van der Waals surface area contributed by atoms with Gasteiger partial charge in [0.05, 0.1) is 12.6 Å². The summed E-state index contributed by atoms with van der Waals surface area (Å²) in [5.41, 5.74) is 1.39. The maximum absolute atomic E-state index is 12.8. The Labute approximate surface area is 129 Å². The van der Waals surface area contributed by atoms with Gasteiger partial charge in [-0.05, 0) is 62.4 Å². The molecule has 0 saturated heterocycles. The van der Waals surface area contributed by atoms with Gasteiger partial charge in [-0.2, -0.15) is 0 Å². The fourth-order valence-electron chi connectivity index (χ4n) is 1.84. The predicted molar refractivity (Wildman–Crippen MR) is 85.7 cm³/mol. The number of hydrogen-bond acceptors (Lipinski definition) is 3. The first-order valence-corrected chi connectivity index (χ1v) is 7.09. The van der Waals surface area contributed by atoms with Gasteiger partial charge in [-0.25, -0.2) is 4.39 Å². The van der Waals surface area contributed by atoms with Crippen molar-refractivity contribution >= 4 is 17.3 Å². The number of anilines is 2. The summed E-state index contributed by atoms with van der Waals surface area (Å²) >= 11 is 0. The molecule has 116 valence electrons. The first-order valence-electron chi connectivity index (χ1n) is 7.09. The second-order valence-corrected chi connectivity index (χ2v) is 5.10. The molecule has 0 bridgehead atoms. The minimum Gasteiger partial charge on any atom is -0.491 e. The lowest BCUT2D eigenvalue weighted by molar-refractivity contribution is -0.114. The van der Waals surface area contributed by atoms with Crippen LogP contribution in [0.25, 0.3) is 0 Å². The Hall–Kier alpha value is -2.56. The van der Waals surface area contributed by atoms with E-state index in [0.717, 1.165) is 5.75 Å². The average Bonchev–Trinajstić information content (AvgIpc) is 2.48. The van der Waals surface area contributed by atoms with Crippen LogP contribution in [0.4, 0.5) is 15.8 Å². The first-order chi connectivity index (χ1) is 10.5. The largest absolute Gasteiger partial charge is 0.491 e. The van der Waals surface area contributed by atoms with Crippen molar-refractivity contribution in [3.8, 4) is 5.75 Å². The Morgan fingerprint density at radius 2 is 1.64 bits per heavy atom. The van der Waals surface area contributed by atoms with Gasteiger partial charge in [0, 0.05) is 11.4 Å². The van der Waals surface area contributed by atoms with E-state index in [-0.39, 0.29) is 24.4 Å². The van der Waals surface area contributed by atoms with Crippen molar-refractivity contribution in [2.45, 2.75) is 20.0 Å². The molecule has 4 nitrogen and oxygen atoms in total. The summed E-state index contributed by atoms with van der Waals surface area (Å²) in [5, 5.41) is 5.70. The van der Waals surface area contributed by atoms with E-state index < -0.39 is 0 Å². The molecule has 0 spiro atoms. The zero-order valence-electron chi connectivity index (χ0n) is 12.6. The van der Waals surface area contributed by atoms with Crippen LogP contribution in [0.1, 0.15) is 13.8 Å². The van der Waals surface area contributed by atoms with Crippen molar-refractivity contribution in [1.82, 2.24) is 0 Å². The van der Waals surface area contributed by atoms with Crippen LogP contribution in [0.5, 0.6) is 5.75 Å². The predicted octanol–water partition coefficient (Wildman–Crippen LogP) is 3.66. The highest BCUT2D eigenvalue weighted by atomic mass is 19.1. The number of rotatable bonds is 6. The van der Waals surface area contributed by atoms with Gasteiger partial charge in [0.1, 0.15) is 11.6 Å². The van der Waals surface area contributed by atoms with Gasteiger partial charge in [-0.1, -0.05) is 0 Å². The number of nitrogens with one attached hydrogen (secondary N) is 2. The number of ether oxygens (including phenoxy) is 1. The molecule has 0 heterocycles. The van der Waals surface area contributed by atoms with Gasteiger partial charge < -0.3 is 15.4 Å². The van der Waals surface area contributed by atoms with E-state index in [1.807, 2.05) is 26.0 Å². The topological polar surface area (TPSA) is 50.4 Å². The van der Waals surface area contributed by atoms with Crippen LogP contribution in [0, 0.1) is 5.82 Å². The number of carbonyl (C=O) groups excluding carboxylic acids is 1. The summed E-state index contributed by atoms with van der Waals surface area (Å²) in [6, 6.07) is 13.0. The normalized spacial score (nSPS) is 10.4. The van der Waals surface area contributed by atoms with Gasteiger partial charge in [-0.3, -0.25) is 4.79 Å². The number of carbonyl (C=O) groups is 1. The Kier molecular flexibility index (Phi) is 5.36. The molecule has 2 rings (SSSR count). The molecular weight excluding hydrogens is 283 g/mol. The molecule has 0 aliphatic carbocycles. The van der Waals surface area contributed by atoms with Crippen LogP contribution in [0.2, 0.25) is 0 Å². The number of amides is 1. The van der Waals surface area contributed by atoms with E-state index >= 15 is 0 Å². The van der Waals surface area contributed by atoms with Gasteiger partial charge in [0.2, 0.25) is 5.91 Å². The molecular formula is C17H19FN2O2. The standard InChI is InChI=1S/C17H19FN2O2/c1-12(2)22-16-9-7-15(8-10-16)20-17(21)11-19-14-5-3-13(18)4-6-14/h3-10,12,19H,11H2,1-2H3,(H,20,21). The third kappa shape index (κ3) is 5.09. The first kappa shape index (κ1) is 15.8. The van der Waals surface area contributed by atoms with Crippen molar-refractivity contribution in [3.63, 3.8) is 0 Å². The Bertz CT molecular complexity index is 610. The summed E-state index contributed by atoms with van der Waals surface area (Å²) in [4.78, 5) is 11.8. The lowest BCUT2D eigenvalue weighted by Crippen LogP contribution is -2.21. The summed E-state index contributed by atoms with van der Waals surface area (Å²) in [6.07, 6.45) is 0.111. The van der Waals surface area contributed by atoms with E-state index in [1.54, 1.807) is 24.3 Å². The fraction of sp³-hybridized carbons (Fsp3) is 0.235. The molecule has 0 fully saturated rings. The maximum atomic E-state index is 12.8. The molecule has 0 aromatic heterocycles. The minimum absolute atomic E-state index is 0.107. The quantitative estimate of drug-likeness (QED) is 0.856. The van der Waals surface area contributed by atoms with Gasteiger partial charge in [0.25, 0.3) is 0 Å². The highest BCUT2D eigenvalue weighted by Crippen LogP contribution is 2.17. The zero-order chi connectivity index (χ0) is 15.9. The Morgan fingerprint density at radius 1 is 1.05 bits per heavy atom. The summed E-state index contributed by atoms with van der Waals surface area (Å²) in [5.74, 6) is 0.276. The molecule has 0 radical (unpaired) electrons. The minimum atomic E-state index is -0.307. The van der Waals surface area contributed by atoms with E-state index in [1.165, 1.54) is 12.1 Å². The van der Waals surface area contributed by atoms with Crippen molar-refractivity contribution in [1.29, 1.82) is 0 Å². The number of hydrogen-bond donors (Lipinski definition) is 2. The van der Waals surface area contributed by atoms with E-state index in [0.29, 0.717) is 11.4 Å². The van der Waals surface area contributed by atoms with Gasteiger partial charge >= 0.3 is 0 Å². The molecule has 0 unspecified atom stereocenters. The Morgan fingerprint density at radius 3 is 2.23 bits per heavy atom. The second kappa shape index (κ2) is 7.45. The van der Waals surface area contributed by atoms with Crippen LogP contribution in [-0.4, -0.2) is 18.6 Å².